The third kappa shape index (κ3) is 3.12. The van der Waals surface area contributed by atoms with Crippen LogP contribution in [0.25, 0.3) is 22.3 Å². The highest BCUT2D eigenvalue weighted by Crippen LogP contribution is 2.33. The molecule has 2 N–H and O–H groups in total. The van der Waals surface area contributed by atoms with Gasteiger partial charge in [0.15, 0.2) is 11.6 Å². The van der Waals surface area contributed by atoms with Gasteiger partial charge in [-0.15, -0.1) is 0 Å². The molecule has 29 heavy (non-hydrogen) atoms. The first-order chi connectivity index (χ1) is 14.2. The fraction of sp³-hybridized carbons (Fsp3) is 0.227. The van der Waals surface area contributed by atoms with Crippen LogP contribution in [0.2, 0.25) is 0 Å². The van der Waals surface area contributed by atoms with Crippen LogP contribution in [0.15, 0.2) is 42.5 Å². The van der Waals surface area contributed by atoms with Gasteiger partial charge in [0.1, 0.15) is 23.8 Å². The van der Waals surface area contributed by atoms with Crippen molar-refractivity contribution in [1.29, 1.82) is 0 Å². The third-order valence-electron chi connectivity index (χ3n) is 5.37. The van der Waals surface area contributed by atoms with Gasteiger partial charge in [0, 0.05) is 22.2 Å². The van der Waals surface area contributed by atoms with E-state index in [0.717, 1.165) is 36.9 Å². The number of anilines is 2. The molecule has 0 saturated heterocycles. The van der Waals surface area contributed by atoms with Crippen molar-refractivity contribution in [3.8, 4) is 11.4 Å². The van der Waals surface area contributed by atoms with Gasteiger partial charge in [0.25, 0.3) is 0 Å². The molecule has 2 heterocycles. The van der Waals surface area contributed by atoms with E-state index in [9.17, 15) is 8.78 Å². The van der Waals surface area contributed by atoms with Gasteiger partial charge in [0.05, 0.1) is 0 Å². The van der Waals surface area contributed by atoms with Crippen LogP contribution in [-0.2, 0) is 19.5 Å². The lowest BCUT2D eigenvalue weighted by atomic mass is 9.96. The maximum Gasteiger partial charge on any atom is 0.162 e. The fourth-order valence-corrected chi connectivity index (χ4v) is 3.89. The number of benzene rings is 2. The van der Waals surface area contributed by atoms with E-state index in [1.54, 1.807) is 24.3 Å². The molecule has 5 rings (SSSR count). The highest BCUT2D eigenvalue weighted by Gasteiger charge is 2.21. The summed E-state index contributed by atoms with van der Waals surface area (Å²) >= 11 is 0. The standard InChI is InChI=1S/C22H19F2N5/c23-12-13-6-1-2-7-14(13)20-25-18-11-4-3-8-15(18)21(26-20)27-22-16-9-5-10-17(24)19(16)28-29-22/h1-2,5-7,9-10H,3-4,8,11-12H2,(H2,25,26,27,28,29). The third-order valence-corrected chi connectivity index (χ3v) is 5.37. The molecule has 0 atom stereocenters. The quantitative estimate of drug-likeness (QED) is 0.499. The van der Waals surface area contributed by atoms with E-state index in [0.29, 0.717) is 39.5 Å². The van der Waals surface area contributed by atoms with E-state index < -0.39 is 6.67 Å². The van der Waals surface area contributed by atoms with Crippen LogP contribution in [0.3, 0.4) is 0 Å². The zero-order valence-electron chi connectivity index (χ0n) is 15.7. The Morgan fingerprint density at radius 3 is 2.72 bits per heavy atom. The number of aromatic nitrogens is 4. The van der Waals surface area contributed by atoms with Gasteiger partial charge in [-0.05, 0) is 43.4 Å². The van der Waals surface area contributed by atoms with Crippen molar-refractivity contribution in [2.75, 3.05) is 5.32 Å². The van der Waals surface area contributed by atoms with Crippen molar-refractivity contribution in [1.82, 2.24) is 20.2 Å². The summed E-state index contributed by atoms with van der Waals surface area (Å²) in [6.07, 6.45) is 3.83. The highest BCUT2D eigenvalue weighted by atomic mass is 19.1. The number of alkyl halides is 1. The van der Waals surface area contributed by atoms with Gasteiger partial charge in [-0.1, -0.05) is 30.3 Å². The summed E-state index contributed by atoms with van der Waals surface area (Å²) in [5.74, 6) is 1.30. The number of halogens is 2. The number of fused-ring (bicyclic) bond motifs is 2. The Morgan fingerprint density at radius 1 is 0.966 bits per heavy atom. The Morgan fingerprint density at radius 2 is 1.83 bits per heavy atom. The topological polar surface area (TPSA) is 66.5 Å². The minimum Gasteiger partial charge on any atom is -0.323 e. The molecule has 0 fully saturated rings. The normalized spacial score (nSPS) is 13.4. The second-order valence-corrected chi connectivity index (χ2v) is 7.18. The monoisotopic (exact) mass is 391 g/mol. The van der Waals surface area contributed by atoms with Gasteiger partial charge in [-0.3, -0.25) is 5.10 Å². The zero-order valence-corrected chi connectivity index (χ0v) is 15.7. The molecule has 0 radical (unpaired) electrons. The summed E-state index contributed by atoms with van der Waals surface area (Å²) in [4.78, 5) is 9.48. The Bertz CT molecular complexity index is 1200. The summed E-state index contributed by atoms with van der Waals surface area (Å²) in [5, 5.41) is 10.9. The van der Waals surface area contributed by atoms with Crippen molar-refractivity contribution in [2.45, 2.75) is 32.4 Å². The van der Waals surface area contributed by atoms with Crippen molar-refractivity contribution in [3.05, 3.63) is 65.1 Å². The van der Waals surface area contributed by atoms with Crippen molar-refractivity contribution in [2.24, 2.45) is 0 Å². The molecule has 0 spiro atoms. The first kappa shape index (κ1) is 17.7. The molecule has 4 aromatic rings. The molecule has 0 unspecified atom stereocenters. The van der Waals surface area contributed by atoms with Crippen LogP contribution in [0.1, 0.15) is 29.7 Å². The summed E-state index contributed by atoms with van der Waals surface area (Å²) in [7, 11) is 0. The van der Waals surface area contributed by atoms with Gasteiger partial charge in [-0.2, -0.15) is 5.10 Å². The molecule has 5 nitrogen and oxygen atoms in total. The fourth-order valence-electron chi connectivity index (χ4n) is 3.89. The number of aryl methyl sites for hydroxylation is 1. The second-order valence-electron chi connectivity index (χ2n) is 7.18. The lowest BCUT2D eigenvalue weighted by Gasteiger charge is -2.20. The van der Waals surface area contributed by atoms with Gasteiger partial charge >= 0.3 is 0 Å². The molecule has 7 heteroatoms. The molecule has 0 aliphatic heterocycles. The number of nitrogens with one attached hydrogen (secondary N) is 2. The number of hydrogen-bond donors (Lipinski definition) is 2. The second kappa shape index (κ2) is 7.24. The first-order valence-electron chi connectivity index (χ1n) is 9.68. The van der Waals surface area contributed by atoms with Crippen LogP contribution in [0.5, 0.6) is 0 Å². The molecule has 2 aromatic carbocycles. The molecule has 1 aliphatic rings. The van der Waals surface area contributed by atoms with Crippen molar-refractivity contribution in [3.63, 3.8) is 0 Å². The molecular weight excluding hydrogens is 372 g/mol. The van der Waals surface area contributed by atoms with Crippen molar-refractivity contribution < 1.29 is 8.78 Å². The molecule has 0 saturated carbocycles. The van der Waals surface area contributed by atoms with E-state index >= 15 is 0 Å². The Kier molecular flexibility index (Phi) is 4.42. The van der Waals surface area contributed by atoms with Crippen LogP contribution in [0, 0.1) is 5.82 Å². The van der Waals surface area contributed by atoms with E-state index in [2.05, 4.69) is 15.5 Å². The van der Waals surface area contributed by atoms with E-state index in [4.69, 9.17) is 9.97 Å². The van der Waals surface area contributed by atoms with E-state index in [1.165, 1.54) is 6.07 Å². The number of H-pyrrole nitrogens is 1. The lowest BCUT2D eigenvalue weighted by molar-refractivity contribution is 0.486. The number of aromatic amines is 1. The molecule has 2 aromatic heterocycles. The van der Waals surface area contributed by atoms with E-state index in [1.807, 2.05) is 12.1 Å². The number of rotatable bonds is 4. The first-order valence-corrected chi connectivity index (χ1v) is 9.68. The maximum atomic E-state index is 14.0. The van der Waals surface area contributed by atoms with Crippen molar-refractivity contribution >= 4 is 22.5 Å². The number of nitrogens with zero attached hydrogens (tertiary/aromatic N) is 3. The Balaban J connectivity index is 1.64. The molecule has 1 aliphatic carbocycles. The number of para-hydroxylation sites is 1. The van der Waals surface area contributed by atoms with Crippen LogP contribution < -0.4 is 5.32 Å². The molecule has 146 valence electrons. The van der Waals surface area contributed by atoms with Crippen LogP contribution in [-0.4, -0.2) is 20.2 Å². The average Bonchev–Trinajstić information content (AvgIpc) is 3.18. The largest absolute Gasteiger partial charge is 0.323 e. The summed E-state index contributed by atoms with van der Waals surface area (Å²) in [6, 6.07) is 12.1. The zero-order chi connectivity index (χ0) is 19.8. The summed E-state index contributed by atoms with van der Waals surface area (Å²) in [5.41, 5.74) is 3.61. The maximum absolute atomic E-state index is 14.0. The number of hydrogen-bond acceptors (Lipinski definition) is 4. The van der Waals surface area contributed by atoms with Crippen LogP contribution in [0.4, 0.5) is 20.4 Å². The average molecular weight is 391 g/mol. The smallest absolute Gasteiger partial charge is 0.162 e. The molecular formula is C22H19F2N5. The minimum absolute atomic E-state index is 0.348. The van der Waals surface area contributed by atoms with Gasteiger partial charge in [0.2, 0.25) is 0 Å². The van der Waals surface area contributed by atoms with Gasteiger partial charge < -0.3 is 5.32 Å². The molecule has 0 bridgehead atoms. The highest BCUT2D eigenvalue weighted by molar-refractivity contribution is 5.91. The minimum atomic E-state index is -0.581. The lowest BCUT2D eigenvalue weighted by Crippen LogP contribution is -2.12. The Hall–Kier alpha value is -3.35. The SMILES string of the molecule is FCc1ccccc1-c1nc2c(c(Nc3n[nH]c4c(F)cccc34)n1)CCCC2. The van der Waals surface area contributed by atoms with Crippen LogP contribution >= 0.6 is 0 Å². The van der Waals surface area contributed by atoms with Gasteiger partial charge in [-0.25, -0.2) is 18.7 Å². The predicted octanol–water partition coefficient (Wildman–Crippen LogP) is 5.25. The summed E-state index contributed by atoms with van der Waals surface area (Å²) in [6.45, 7) is -0.581. The van der Waals surface area contributed by atoms with E-state index in [-0.39, 0.29) is 5.82 Å². The molecule has 0 amide bonds. The summed E-state index contributed by atoms with van der Waals surface area (Å²) < 4.78 is 27.5. The Labute approximate surface area is 166 Å². The predicted molar refractivity (Wildman–Crippen MR) is 108 cm³/mol.